The zero-order valence-corrected chi connectivity index (χ0v) is 15.8. The molecule has 3 aromatic rings. The first-order chi connectivity index (χ1) is 13.4. The molecular formula is C21H20FN3O3. The Morgan fingerprint density at radius 3 is 2.64 bits per heavy atom. The Hall–Kier alpha value is -3.22. The topological polar surface area (TPSA) is 87.3 Å². The summed E-state index contributed by atoms with van der Waals surface area (Å²) in [5.41, 5.74) is 8.40. The van der Waals surface area contributed by atoms with Crippen molar-refractivity contribution < 1.29 is 18.7 Å². The molecule has 6 nitrogen and oxygen atoms in total. The number of nitrogens with two attached hydrogens (primary N) is 1. The van der Waals surface area contributed by atoms with Crippen LogP contribution in [0, 0.1) is 6.92 Å². The van der Waals surface area contributed by atoms with Crippen LogP contribution in [0.3, 0.4) is 0 Å². The van der Waals surface area contributed by atoms with E-state index in [9.17, 15) is 9.18 Å². The van der Waals surface area contributed by atoms with Crippen molar-refractivity contribution in [2.75, 3.05) is 20.0 Å². The van der Waals surface area contributed by atoms with E-state index < -0.39 is 17.6 Å². The number of ether oxygens (including phenoxy) is 2. The Morgan fingerprint density at radius 2 is 2.04 bits per heavy atom. The summed E-state index contributed by atoms with van der Waals surface area (Å²) in [4.78, 5) is 20.9. The Kier molecular flexibility index (Phi) is 4.18. The van der Waals surface area contributed by atoms with Gasteiger partial charge in [0.2, 0.25) is 5.88 Å². The van der Waals surface area contributed by atoms with Crippen LogP contribution in [0.4, 0.5) is 10.1 Å². The molecule has 0 radical (unpaired) electrons. The van der Waals surface area contributed by atoms with Gasteiger partial charge in [-0.15, -0.1) is 0 Å². The first-order valence-corrected chi connectivity index (χ1v) is 8.85. The molecule has 2 unspecified atom stereocenters. The number of pyridine rings is 2. The monoisotopic (exact) mass is 381 g/mol. The fraction of sp³-hybridized carbons (Fsp3) is 0.286. The molecule has 0 saturated heterocycles. The smallest absolute Gasteiger partial charge is 0.321 e. The zero-order chi connectivity index (χ0) is 20.1. The van der Waals surface area contributed by atoms with Gasteiger partial charge in [0.15, 0.2) is 0 Å². The fourth-order valence-corrected chi connectivity index (χ4v) is 3.63. The van der Waals surface area contributed by atoms with E-state index in [0.717, 1.165) is 27.6 Å². The second-order valence-corrected chi connectivity index (χ2v) is 6.98. The third-order valence-electron chi connectivity index (χ3n) is 5.33. The van der Waals surface area contributed by atoms with Crippen molar-refractivity contribution in [1.29, 1.82) is 0 Å². The fourth-order valence-electron chi connectivity index (χ4n) is 3.63. The highest BCUT2D eigenvalue weighted by Gasteiger charge is 2.65. The van der Waals surface area contributed by atoms with Crippen LogP contribution < -0.4 is 10.5 Å². The second-order valence-electron chi connectivity index (χ2n) is 6.98. The van der Waals surface area contributed by atoms with Crippen LogP contribution in [0.1, 0.15) is 17.8 Å². The molecule has 2 aromatic heterocycles. The number of rotatable bonds is 4. The van der Waals surface area contributed by atoms with Crippen LogP contribution in [-0.4, -0.2) is 36.3 Å². The molecule has 28 heavy (non-hydrogen) atoms. The number of alkyl halides is 1. The lowest BCUT2D eigenvalue weighted by atomic mass is 9.96. The van der Waals surface area contributed by atoms with Crippen molar-refractivity contribution >= 4 is 22.4 Å². The van der Waals surface area contributed by atoms with Crippen LogP contribution in [0.25, 0.3) is 21.9 Å². The average molecular weight is 381 g/mol. The Bertz CT molecular complexity index is 1100. The number of hydrogen-bond acceptors (Lipinski definition) is 6. The van der Waals surface area contributed by atoms with Gasteiger partial charge in [-0.1, -0.05) is 0 Å². The predicted molar refractivity (Wildman–Crippen MR) is 104 cm³/mol. The number of aryl methyl sites for hydroxylation is 1. The minimum Gasteiger partial charge on any atom is -0.481 e. The predicted octanol–water partition coefficient (Wildman–Crippen LogP) is 3.35. The summed E-state index contributed by atoms with van der Waals surface area (Å²) in [5.74, 6) is -0.0737. The lowest BCUT2D eigenvalue weighted by Crippen LogP contribution is -2.26. The SMILES string of the molecule is COC(=O)C1(c2cc3cc(-c4ccc(OC)nc4C)cc(N)c3cn2)CC1F. The van der Waals surface area contributed by atoms with Crippen LogP contribution >= 0.6 is 0 Å². The number of carbonyl (C=O) groups excluding carboxylic acids is 1. The van der Waals surface area contributed by atoms with E-state index in [2.05, 4.69) is 9.97 Å². The largest absolute Gasteiger partial charge is 0.481 e. The molecule has 4 rings (SSSR count). The number of hydrogen-bond donors (Lipinski definition) is 1. The molecule has 1 aliphatic carbocycles. The Morgan fingerprint density at radius 1 is 1.29 bits per heavy atom. The quantitative estimate of drug-likeness (QED) is 0.551. The summed E-state index contributed by atoms with van der Waals surface area (Å²) in [5, 5.41) is 1.51. The summed E-state index contributed by atoms with van der Waals surface area (Å²) >= 11 is 0. The molecule has 2 N–H and O–H groups in total. The highest BCUT2D eigenvalue weighted by molar-refractivity contribution is 5.98. The number of anilines is 1. The first kappa shape index (κ1) is 18.2. The van der Waals surface area contributed by atoms with E-state index in [-0.39, 0.29) is 6.42 Å². The van der Waals surface area contributed by atoms with E-state index in [4.69, 9.17) is 15.2 Å². The van der Waals surface area contributed by atoms with Gasteiger partial charge >= 0.3 is 5.97 Å². The van der Waals surface area contributed by atoms with Gasteiger partial charge in [-0.3, -0.25) is 9.78 Å². The van der Waals surface area contributed by atoms with Gasteiger partial charge < -0.3 is 15.2 Å². The maximum atomic E-state index is 14.1. The molecule has 1 saturated carbocycles. The van der Waals surface area contributed by atoms with Crippen molar-refractivity contribution in [3.8, 4) is 17.0 Å². The molecule has 144 valence electrons. The maximum Gasteiger partial charge on any atom is 0.321 e. The summed E-state index contributed by atoms with van der Waals surface area (Å²) in [6.45, 7) is 1.89. The van der Waals surface area contributed by atoms with Crippen molar-refractivity contribution in [3.05, 3.63) is 47.9 Å². The van der Waals surface area contributed by atoms with Gasteiger partial charge in [0, 0.05) is 41.0 Å². The molecular weight excluding hydrogens is 361 g/mol. The van der Waals surface area contributed by atoms with Crippen LogP contribution in [-0.2, 0) is 14.9 Å². The minimum absolute atomic E-state index is 0.0782. The van der Waals surface area contributed by atoms with Gasteiger partial charge in [-0.25, -0.2) is 9.37 Å². The molecule has 1 aliphatic rings. The molecule has 0 aliphatic heterocycles. The maximum absolute atomic E-state index is 14.1. The normalized spacial score (nSPS) is 20.8. The van der Waals surface area contributed by atoms with Gasteiger partial charge in [-0.05, 0) is 42.1 Å². The lowest BCUT2D eigenvalue weighted by molar-refractivity contribution is -0.144. The standard InChI is InChI=1S/C21H20FN3O3/c1-11-14(4-5-19(25-11)27-2)12-6-13-8-18(24-10-15(13)16(23)7-12)21(9-17(21)22)20(26)28-3/h4-8,10,17H,9,23H2,1-3H3. The number of esters is 1. The number of halogens is 1. The van der Waals surface area contributed by atoms with Crippen molar-refractivity contribution in [1.82, 2.24) is 9.97 Å². The van der Waals surface area contributed by atoms with E-state index in [1.54, 1.807) is 25.4 Å². The average Bonchev–Trinajstić information content (AvgIpc) is 3.38. The Labute approximate surface area is 161 Å². The van der Waals surface area contributed by atoms with Gasteiger partial charge in [0.05, 0.1) is 19.9 Å². The van der Waals surface area contributed by atoms with Crippen molar-refractivity contribution in [2.45, 2.75) is 24.9 Å². The molecule has 1 fully saturated rings. The number of nitrogen functional groups attached to an aromatic ring is 1. The molecule has 0 spiro atoms. The van der Waals surface area contributed by atoms with E-state index in [0.29, 0.717) is 17.3 Å². The summed E-state index contributed by atoms with van der Waals surface area (Å²) in [6, 6.07) is 9.21. The van der Waals surface area contributed by atoms with Crippen LogP contribution in [0.5, 0.6) is 5.88 Å². The lowest BCUT2D eigenvalue weighted by Gasteiger charge is -2.14. The number of carbonyl (C=O) groups is 1. The minimum atomic E-state index is -1.31. The van der Waals surface area contributed by atoms with E-state index in [1.807, 2.05) is 25.1 Å². The summed E-state index contributed by atoms with van der Waals surface area (Å²) in [6.07, 6.45) is 0.367. The number of fused-ring (bicyclic) bond motifs is 1. The van der Waals surface area contributed by atoms with E-state index in [1.165, 1.54) is 7.11 Å². The molecule has 1 aromatic carbocycles. The molecule has 0 amide bonds. The van der Waals surface area contributed by atoms with Crippen LogP contribution in [0.15, 0.2) is 36.5 Å². The number of nitrogens with zero attached hydrogens (tertiary/aromatic N) is 2. The van der Waals surface area contributed by atoms with E-state index >= 15 is 0 Å². The Balaban J connectivity index is 1.85. The molecule has 2 heterocycles. The van der Waals surface area contributed by atoms with Crippen molar-refractivity contribution in [2.24, 2.45) is 0 Å². The van der Waals surface area contributed by atoms with Crippen molar-refractivity contribution in [3.63, 3.8) is 0 Å². The molecule has 7 heteroatoms. The van der Waals surface area contributed by atoms with Crippen LogP contribution in [0.2, 0.25) is 0 Å². The van der Waals surface area contributed by atoms with Gasteiger partial charge in [-0.2, -0.15) is 0 Å². The third-order valence-corrected chi connectivity index (χ3v) is 5.33. The van der Waals surface area contributed by atoms with Gasteiger partial charge in [0.25, 0.3) is 0 Å². The third kappa shape index (κ3) is 2.66. The molecule has 2 atom stereocenters. The second kappa shape index (κ2) is 6.44. The first-order valence-electron chi connectivity index (χ1n) is 8.85. The van der Waals surface area contributed by atoms with Gasteiger partial charge in [0.1, 0.15) is 11.6 Å². The number of benzene rings is 1. The highest BCUT2D eigenvalue weighted by atomic mass is 19.1. The zero-order valence-electron chi connectivity index (χ0n) is 15.8. The summed E-state index contributed by atoms with van der Waals surface area (Å²) < 4.78 is 24.1. The number of methoxy groups -OCH3 is 2. The highest BCUT2D eigenvalue weighted by Crippen LogP contribution is 2.51. The number of aromatic nitrogens is 2. The molecule has 0 bridgehead atoms. The summed E-state index contributed by atoms with van der Waals surface area (Å²) in [7, 11) is 2.82.